The monoisotopic (exact) mass is 288 g/mol. The largest absolute Gasteiger partial charge is 0.398 e. The summed E-state index contributed by atoms with van der Waals surface area (Å²) in [6, 6.07) is 0. The fourth-order valence-corrected chi connectivity index (χ4v) is 2.41. The lowest BCUT2D eigenvalue weighted by atomic mass is 9.93. The van der Waals surface area contributed by atoms with Crippen molar-refractivity contribution in [1.29, 1.82) is 0 Å². The van der Waals surface area contributed by atoms with E-state index in [4.69, 9.17) is 9.47 Å². The molecule has 1 aliphatic heterocycles. The molecule has 0 saturated carbocycles. The van der Waals surface area contributed by atoms with E-state index >= 15 is 0 Å². The molecule has 0 aromatic carbocycles. The van der Waals surface area contributed by atoms with Crippen LogP contribution in [0.5, 0.6) is 0 Å². The van der Waals surface area contributed by atoms with Gasteiger partial charge in [0.05, 0.1) is 12.0 Å². The van der Waals surface area contributed by atoms with E-state index in [1.807, 2.05) is 6.92 Å². The second-order valence-corrected chi connectivity index (χ2v) is 5.16. The van der Waals surface area contributed by atoms with E-state index in [1.54, 1.807) is 6.92 Å². The van der Waals surface area contributed by atoms with Gasteiger partial charge in [0.15, 0.2) is 0 Å². The molecule has 20 heavy (non-hydrogen) atoms. The number of hydrogen-bond donors (Lipinski definition) is 2. The summed E-state index contributed by atoms with van der Waals surface area (Å²) in [6.45, 7) is 3.62. The fraction of sp³-hybridized carbons (Fsp3) is 0.857. The van der Waals surface area contributed by atoms with E-state index in [0.29, 0.717) is 32.1 Å². The third-order valence-corrected chi connectivity index (χ3v) is 3.49. The normalized spacial score (nSPS) is 22.8. The number of esters is 2. The molecule has 1 saturated heterocycles. The molecule has 0 radical (unpaired) electrons. The van der Waals surface area contributed by atoms with E-state index in [9.17, 15) is 19.8 Å². The van der Waals surface area contributed by atoms with E-state index < -0.39 is 29.9 Å². The predicted octanol–water partition coefficient (Wildman–Crippen LogP) is 1.48. The topological polar surface area (TPSA) is 93.1 Å². The van der Waals surface area contributed by atoms with Crippen molar-refractivity contribution >= 4 is 11.9 Å². The minimum atomic E-state index is -2.37. The van der Waals surface area contributed by atoms with Crippen LogP contribution in [0.25, 0.3) is 0 Å². The number of cyclic esters (lactones) is 2. The van der Waals surface area contributed by atoms with Gasteiger partial charge in [-0.3, -0.25) is 9.59 Å². The average Bonchev–Trinajstić information content (AvgIpc) is 2.40. The second kappa shape index (κ2) is 7.59. The number of aliphatic hydroxyl groups excluding tert-OH is 1. The summed E-state index contributed by atoms with van der Waals surface area (Å²) in [5.74, 6) is -4.47. The first-order valence-corrected chi connectivity index (χ1v) is 7.27. The van der Waals surface area contributed by atoms with Gasteiger partial charge in [-0.1, -0.05) is 20.3 Å². The van der Waals surface area contributed by atoms with Crippen LogP contribution in [0, 0.1) is 5.92 Å². The Hall–Kier alpha value is -1.14. The van der Waals surface area contributed by atoms with Gasteiger partial charge in [-0.05, 0) is 25.7 Å². The number of ether oxygens (including phenoxy) is 2. The van der Waals surface area contributed by atoms with Crippen molar-refractivity contribution in [2.75, 3.05) is 0 Å². The molecule has 2 unspecified atom stereocenters. The second-order valence-electron chi connectivity index (χ2n) is 5.16. The highest BCUT2D eigenvalue weighted by atomic mass is 16.8. The zero-order valence-corrected chi connectivity index (χ0v) is 12.1. The summed E-state index contributed by atoms with van der Waals surface area (Å²) in [5.41, 5.74) is 0. The van der Waals surface area contributed by atoms with Crippen LogP contribution >= 0.6 is 0 Å². The van der Waals surface area contributed by atoms with Gasteiger partial charge in [0.2, 0.25) is 0 Å². The Morgan fingerprint density at radius 3 is 2.05 bits per heavy atom. The Morgan fingerprint density at radius 2 is 1.65 bits per heavy atom. The summed E-state index contributed by atoms with van der Waals surface area (Å²) in [5, 5.41) is 20.5. The molecule has 6 heteroatoms. The number of carbonyl (C=O) groups excluding carboxylic acids is 2. The van der Waals surface area contributed by atoms with Gasteiger partial charge >= 0.3 is 17.9 Å². The predicted molar refractivity (Wildman–Crippen MR) is 70.3 cm³/mol. The molecule has 1 heterocycles. The van der Waals surface area contributed by atoms with Gasteiger partial charge in [-0.2, -0.15) is 0 Å². The SMILES string of the molecule is CCCC(O)C(CC)C1(O)OC(=O)CCCCC(=O)O1. The molecule has 116 valence electrons. The van der Waals surface area contributed by atoms with E-state index in [1.165, 1.54) is 0 Å². The fourth-order valence-electron chi connectivity index (χ4n) is 2.41. The maximum absolute atomic E-state index is 11.7. The molecule has 0 aromatic rings. The van der Waals surface area contributed by atoms with Crippen LogP contribution in [0.1, 0.15) is 58.8 Å². The number of hydrogen-bond acceptors (Lipinski definition) is 6. The molecule has 0 spiro atoms. The first kappa shape index (κ1) is 16.9. The van der Waals surface area contributed by atoms with Gasteiger partial charge in [0, 0.05) is 12.8 Å². The van der Waals surface area contributed by atoms with Crippen LogP contribution in [-0.2, 0) is 19.1 Å². The lowest BCUT2D eigenvalue weighted by Gasteiger charge is -2.35. The quantitative estimate of drug-likeness (QED) is 0.744. The van der Waals surface area contributed by atoms with Crippen LogP contribution in [0.2, 0.25) is 0 Å². The van der Waals surface area contributed by atoms with Crippen molar-refractivity contribution in [2.45, 2.75) is 70.9 Å². The maximum atomic E-state index is 11.7. The number of aliphatic hydroxyl groups is 2. The Kier molecular flexibility index (Phi) is 6.42. The molecular formula is C14H24O6. The standard InChI is InChI=1S/C14H24O6/c1-3-7-11(15)10(4-2)14(18)19-12(16)8-5-6-9-13(17)20-14/h10-11,15,18H,3-9H2,1-2H3. The van der Waals surface area contributed by atoms with Crippen molar-refractivity contribution in [1.82, 2.24) is 0 Å². The smallest absolute Gasteiger partial charge is 0.378 e. The van der Waals surface area contributed by atoms with Crippen molar-refractivity contribution in [3.8, 4) is 0 Å². The minimum Gasteiger partial charge on any atom is -0.398 e. The molecule has 0 bridgehead atoms. The molecule has 1 fully saturated rings. The van der Waals surface area contributed by atoms with Crippen molar-refractivity contribution < 1.29 is 29.3 Å². The molecule has 2 atom stereocenters. The van der Waals surface area contributed by atoms with Crippen molar-refractivity contribution in [3.63, 3.8) is 0 Å². The highest BCUT2D eigenvalue weighted by Crippen LogP contribution is 2.31. The lowest BCUT2D eigenvalue weighted by molar-refractivity contribution is -0.359. The molecular weight excluding hydrogens is 264 g/mol. The summed E-state index contributed by atoms with van der Waals surface area (Å²) >= 11 is 0. The maximum Gasteiger partial charge on any atom is 0.378 e. The van der Waals surface area contributed by atoms with E-state index in [0.717, 1.165) is 0 Å². The minimum absolute atomic E-state index is 0.124. The molecule has 1 aliphatic rings. The van der Waals surface area contributed by atoms with Gasteiger partial charge in [0.25, 0.3) is 0 Å². The molecule has 0 amide bonds. The summed E-state index contributed by atoms with van der Waals surface area (Å²) in [4.78, 5) is 23.3. The van der Waals surface area contributed by atoms with Gasteiger partial charge in [-0.25, -0.2) is 0 Å². The number of carbonyl (C=O) groups is 2. The van der Waals surface area contributed by atoms with E-state index in [-0.39, 0.29) is 12.8 Å². The van der Waals surface area contributed by atoms with Crippen LogP contribution in [-0.4, -0.2) is 34.2 Å². The zero-order valence-electron chi connectivity index (χ0n) is 12.1. The van der Waals surface area contributed by atoms with Gasteiger partial charge < -0.3 is 19.7 Å². The third-order valence-electron chi connectivity index (χ3n) is 3.49. The molecule has 0 aliphatic carbocycles. The highest BCUT2D eigenvalue weighted by Gasteiger charge is 2.47. The van der Waals surface area contributed by atoms with Gasteiger partial charge in [0.1, 0.15) is 0 Å². The van der Waals surface area contributed by atoms with Crippen molar-refractivity contribution in [3.05, 3.63) is 0 Å². The highest BCUT2D eigenvalue weighted by molar-refractivity contribution is 5.72. The molecule has 2 N–H and O–H groups in total. The molecule has 6 nitrogen and oxygen atoms in total. The Labute approximate surface area is 119 Å². The zero-order chi connectivity index (χ0) is 15.2. The summed E-state index contributed by atoms with van der Waals surface area (Å²) < 4.78 is 9.93. The Balaban J connectivity index is 2.96. The first-order valence-electron chi connectivity index (χ1n) is 7.27. The Morgan fingerprint density at radius 1 is 1.15 bits per heavy atom. The summed E-state index contributed by atoms with van der Waals surface area (Å²) in [7, 11) is 0. The first-order chi connectivity index (χ1) is 9.42. The Bertz CT molecular complexity index is 321. The van der Waals surface area contributed by atoms with Crippen LogP contribution in [0.15, 0.2) is 0 Å². The van der Waals surface area contributed by atoms with Crippen LogP contribution < -0.4 is 0 Å². The van der Waals surface area contributed by atoms with Crippen LogP contribution in [0.3, 0.4) is 0 Å². The lowest BCUT2D eigenvalue weighted by Crippen LogP contribution is -2.50. The third kappa shape index (κ3) is 4.45. The summed E-state index contributed by atoms with van der Waals surface area (Å²) in [6.07, 6.45) is 1.82. The van der Waals surface area contributed by atoms with Crippen LogP contribution in [0.4, 0.5) is 0 Å². The molecule has 1 rings (SSSR count). The average molecular weight is 288 g/mol. The van der Waals surface area contributed by atoms with Gasteiger partial charge in [-0.15, -0.1) is 0 Å². The molecule has 0 aromatic heterocycles. The van der Waals surface area contributed by atoms with Crippen molar-refractivity contribution in [2.24, 2.45) is 5.92 Å². The van der Waals surface area contributed by atoms with E-state index in [2.05, 4.69) is 0 Å². The number of rotatable bonds is 5.